The minimum Gasteiger partial charge on any atom is -0.381 e. The number of amides is 1. The monoisotopic (exact) mass is 327 g/mol. The van der Waals surface area contributed by atoms with E-state index in [1.54, 1.807) is 0 Å². The Morgan fingerprint density at radius 1 is 1.43 bits per heavy atom. The summed E-state index contributed by atoms with van der Waals surface area (Å²) in [6.07, 6.45) is 1.09. The van der Waals surface area contributed by atoms with Crippen molar-refractivity contribution in [2.24, 2.45) is 5.73 Å². The number of aryl methyl sites for hydroxylation is 1. The summed E-state index contributed by atoms with van der Waals surface area (Å²) >= 11 is 1.47. The van der Waals surface area contributed by atoms with Gasteiger partial charge in [-0.3, -0.25) is 4.79 Å². The highest BCUT2D eigenvalue weighted by Crippen LogP contribution is 2.29. The molecule has 1 aliphatic heterocycles. The Balaban J connectivity index is 0.00000161. The van der Waals surface area contributed by atoms with E-state index in [1.165, 1.54) is 11.3 Å². The van der Waals surface area contributed by atoms with Crippen molar-refractivity contribution in [2.75, 3.05) is 18.5 Å². The number of benzene rings is 1. The number of ether oxygens (including phenoxy) is 1. The molecular weight excluding hydrogens is 310 g/mol. The molecule has 1 aliphatic rings. The minimum atomic E-state index is -0.842. The van der Waals surface area contributed by atoms with Gasteiger partial charge in [0.1, 0.15) is 5.54 Å². The molecule has 0 aliphatic carbocycles. The van der Waals surface area contributed by atoms with E-state index in [2.05, 4.69) is 10.3 Å². The van der Waals surface area contributed by atoms with Crippen molar-refractivity contribution in [3.8, 4) is 0 Å². The molecule has 3 N–H and O–H groups in total. The largest absolute Gasteiger partial charge is 0.381 e. The molecule has 0 radical (unpaired) electrons. The molecule has 5 nitrogen and oxygen atoms in total. The highest BCUT2D eigenvalue weighted by molar-refractivity contribution is 7.22. The average molecular weight is 328 g/mol. The van der Waals surface area contributed by atoms with E-state index < -0.39 is 5.54 Å². The summed E-state index contributed by atoms with van der Waals surface area (Å²) in [7, 11) is 0. The zero-order chi connectivity index (χ0) is 14.2. The molecule has 1 fully saturated rings. The summed E-state index contributed by atoms with van der Waals surface area (Å²) in [6, 6.07) is 6.00. The number of aromatic nitrogens is 1. The summed E-state index contributed by atoms with van der Waals surface area (Å²) in [5, 5.41) is 3.46. The molecule has 0 atom stereocenters. The maximum atomic E-state index is 12.3. The summed E-state index contributed by atoms with van der Waals surface area (Å²) < 4.78 is 6.32. The number of nitrogens with zero attached hydrogens (tertiary/aromatic N) is 1. The number of rotatable bonds is 2. The number of fused-ring (bicyclic) bond motifs is 1. The predicted octanol–water partition coefficient (Wildman–Crippen LogP) is 2.47. The smallest absolute Gasteiger partial charge is 0.246 e. The van der Waals surface area contributed by atoms with Crippen LogP contribution >= 0.6 is 23.7 Å². The second-order valence-electron chi connectivity index (χ2n) is 5.16. The minimum absolute atomic E-state index is 0. The third-order valence-corrected chi connectivity index (χ3v) is 4.61. The van der Waals surface area contributed by atoms with Crippen molar-refractivity contribution in [1.29, 1.82) is 0 Å². The number of hydrogen-bond donors (Lipinski definition) is 2. The molecule has 0 unspecified atom stereocenters. The van der Waals surface area contributed by atoms with E-state index in [1.807, 2.05) is 25.1 Å². The van der Waals surface area contributed by atoms with Gasteiger partial charge in [0.25, 0.3) is 0 Å². The first kappa shape index (κ1) is 16.2. The topological polar surface area (TPSA) is 77.2 Å². The van der Waals surface area contributed by atoms with Crippen LogP contribution in [0, 0.1) is 6.92 Å². The zero-order valence-corrected chi connectivity index (χ0v) is 13.4. The lowest BCUT2D eigenvalue weighted by Crippen LogP contribution is -2.54. The molecule has 2 heterocycles. The fourth-order valence-corrected chi connectivity index (χ4v) is 3.26. The Labute approximate surface area is 133 Å². The fourth-order valence-electron chi connectivity index (χ4n) is 2.32. The van der Waals surface area contributed by atoms with Crippen LogP contribution in [0.15, 0.2) is 18.2 Å². The van der Waals surface area contributed by atoms with Gasteiger partial charge in [0.2, 0.25) is 5.91 Å². The van der Waals surface area contributed by atoms with Gasteiger partial charge in [0.05, 0.1) is 10.2 Å². The van der Waals surface area contributed by atoms with Crippen molar-refractivity contribution in [1.82, 2.24) is 4.98 Å². The van der Waals surface area contributed by atoms with E-state index >= 15 is 0 Å². The third kappa shape index (κ3) is 3.18. The Morgan fingerprint density at radius 3 is 2.81 bits per heavy atom. The summed E-state index contributed by atoms with van der Waals surface area (Å²) in [4.78, 5) is 16.8. The molecule has 0 saturated carbocycles. The number of carbonyl (C=O) groups is 1. The average Bonchev–Trinajstić information content (AvgIpc) is 2.83. The predicted molar refractivity (Wildman–Crippen MR) is 87.2 cm³/mol. The van der Waals surface area contributed by atoms with Gasteiger partial charge in [-0.2, -0.15) is 0 Å². The lowest BCUT2D eigenvalue weighted by Gasteiger charge is -2.31. The van der Waals surface area contributed by atoms with Crippen LogP contribution in [0.4, 0.5) is 5.13 Å². The molecule has 1 aromatic carbocycles. The summed E-state index contributed by atoms with van der Waals surface area (Å²) in [5.41, 5.74) is 7.36. The number of para-hydroxylation sites is 1. The van der Waals surface area contributed by atoms with Gasteiger partial charge in [-0.1, -0.05) is 23.5 Å². The second kappa shape index (κ2) is 6.27. The molecule has 7 heteroatoms. The summed E-state index contributed by atoms with van der Waals surface area (Å²) in [6.45, 7) is 3.07. The molecule has 0 bridgehead atoms. The molecule has 3 rings (SSSR count). The first-order valence-electron chi connectivity index (χ1n) is 6.63. The van der Waals surface area contributed by atoms with Gasteiger partial charge in [-0.15, -0.1) is 12.4 Å². The van der Waals surface area contributed by atoms with E-state index in [-0.39, 0.29) is 18.3 Å². The quantitative estimate of drug-likeness (QED) is 0.888. The Kier molecular flexibility index (Phi) is 4.83. The maximum Gasteiger partial charge on any atom is 0.246 e. The van der Waals surface area contributed by atoms with Gasteiger partial charge in [-0.25, -0.2) is 4.98 Å². The summed E-state index contributed by atoms with van der Waals surface area (Å²) in [5.74, 6) is -0.169. The molecular formula is C14H18ClN3O2S. The van der Waals surface area contributed by atoms with Crippen LogP contribution in [-0.4, -0.2) is 29.6 Å². The van der Waals surface area contributed by atoms with Crippen LogP contribution in [-0.2, 0) is 9.53 Å². The van der Waals surface area contributed by atoms with Crippen molar-refractivity contribution >= 4 is 45.0 Å². The lowest BCUT2D eigenvalue weighted by molar-refractivity contribution is -0.124. The van der Waals surface area contributed by atoms with Crippen LogP contribution in [0.1, 0.15) is 18.4 Å². The van der Waals surface area contributed by atoms with Crippen molar-refractivity contribution in [2.45, 2.75) is 25.3 Å². The first-order chi connectivity index (χ1) is 9.58. The number of nitrogens with two attached hydrogens (primary N) is 1. The molecule has 21 heavy (non-hydrogen) atoms. The van der Waals surface area contributed by atoms with Crippen LogP contribution in [0.3, 0.4) is 0 Å². The van der Waals surface area contributed by atoms with Crippen LogP contribution in [0.5, 0.6) is 0 Å². The number of halogens is 1. The van der Waals surface area contributed by atoms with E-state index in [0.29, 0.717) is 31.2 Å². The third-order valence-electron chi connectivity index (χ3n) is 3.68. The van der Waals surface area contributed by atoms with Crippen molar-refractivity contribution < 1.29 is 9.53 Å². The van der Waals surface area contributed by atoms with Gasteiger partial charge < -0.3 is 15.8 Å². The Bertz CT molecular complexity index is 653. The molecule has 114 valence electrons. The Morgan fingerprint density at radius 2 is 2.14 bits per heavy atom. The molecule has 2 aromatic rings. The van der Waals surface area contributed by atoms with Crippen molar-refractivity contribution in [3.05, 3.63) is 23.8 Å². The number of nitrogens with one attached hydrogen (secondary N) is 1. The number of hydrogen-bond acceptors (Lipinski definition) is 5. The van der Waals surface area contributed by atoms with Crippen LogP contribution in [0.2, 0.25) is 0 Å². The number of anilines is 1. The normalized spacial score (nSPS) is 17.2. The van der Waals surface area contributed by atoms with E-state index in [0.717, 1.165) is 15.8 Å². The van der Waals surface area contributed by atoms with Crippen LogP contribution < -0.4 is 11.1 Å². The SMILES string of the molecule is Cc1cccc2sc(NC(=O)C3(N)CCOCC3)nc12.Cl. The molecule has 1 aromatic heterocycles. The molecule has 1 saturated heterocycles. The first-order valence-corrected chi connectivity index (χ1v) is 7.44. The van der Waals surface area contributed by atoms with Gasteiger partial charge in [0.15, 0.2) is 5.13 Å². The standard InChI is InChI=1S/C14H17N3O2S.ClH/c1-9-3-2-4-10-11(9)16-13(20-10)17-12(18)14(15)5-7-19-8-6-14;/h2-4H,5-8,15H2,1H3,(H,16,17,18);1H. The maximum absolute atomic E-state index is 12.3. The van der Waals surface area contributed by atoms with E-state index in [4.69, 9.17) is 10.5 Å². The van der Waals surface area contributed by atoms with Crippen LogP contribution in [0.25, 0.3) is 10.2 Å². The highest BCUT2D eigenvalue weighted by Gasteiger charge is 2.36. The highest BCUT2D eigenvalue weighted by atomic mass is 35.5. The molecule has 0 spiro atoms. The zero-order valence-electron chi connectivity index (χ0n) is 11.7. The number of thiazole rings is 1. The van der Waals surface area contributed by atoms with E-state index in [9.17, 15) is 4.79 Å². The fraction of sp³-hybridized carbons (Fsp3) is 0.429. The van der Waals surface area contributed by atoms with Gasteiger partial charge in [0, 0.05) is 13.2 Å². The second-order valence-corrected chi connectivity index (χ2v) is 6.19. The lowest BCUT2D eigenvalue weighted by atomic mass is 9.90. The Hall–Kier alpha value is -1.21. The van der Waals surface area contributed by atoms with Crippen molar-refractivity contribution in [3.63, 3.8) is 0 Å². The molecule has 1 amide bonds. The van der Waals surface area contributed by atoms with Gasteiger partial charge in [-0.05, 0) is 31.4 Å². The van der Waals surface area contributed by atoms with Gasteiger partial charge >= 0.3 is 0 Å². The number of carbonyl (C=O) groups excluding carboxylic acids is 1.